The lowest BCUT2D eigenvalue weighted by molar-refractivity contribution is -0.139. The van der Waals surface area contributed by atoms with Gasteiger partial charge in [0.2, 0.25) is 0 Å². The summed E-state index contributed by atoms with van der Waals surface area (Å²) < 4.78 is 6.25. The van der Waals surface area contributed by atoms with E-state index >= 15 is 0 Å². The van der Waals surface area contributed by atoms with Crippen LogP contribution in [-0.4, -0.2) is 60.7 Å². The zero-order chi connectivity index (χ0) is 17.7. The van der Waals surface area contributed by atoms with Crippen molar-refractivity contribution in [2.45, 2.75) is 50.7 Å². The summed E-state index contributed by atoms with van der Waals surface area (Å²) in [6, 6.07) is 4.34. The first-order chi connectivity index (χ1) is 12.1. The van der Waals surface area contributed by atoms with Gasteiger partial charge >= 0.3 is 0 Å². The van der Waals surface area contributed by atoms with Gasteiger partial charge in [0.05, 0.1) is 5.69 Å². The van der Waals surface area contributed by atoms with Crippen molar-refractivity contribution in [2.75, 3.05) is 33.2 Å². The van der Waals surface area contributed by atoms with Crippen molar-refractivity contribution in [2.24, 2.45) is 0 Å². The summed E-state index contributed by atoms with van der Waals surface area (Å²) in [5.74, 6) is 0.716. The molecule has 3 rings (SSSR count). The molecule has 25 heavy (non-hydrogen) atoms. The Morgan fingerprint density at radius 2 is 2.28 bits per heavy atom. The molecule has 6 heteroatoms. The van der Waals surface area contributed by atoms with Gasteiger partial charge in [0, 0.05) is 31.6 Å². The van der Waals surface area contributed by atoms with Crippen molar-refractivity contribution in [1.29, 1.82) is 0 Å². The maximum atomic E-state index is 13.0. The van der Waals surface area contributed by atoms with Crippen LogP contribution in [0.25, 0.3) is 0 Å². The molecule has 0 saturated carbocycles. The lowest BCUT2D eigenvalue weighted by Gasteiger charge is -2.37. The zero-order valence-electron chi connectivity index (χ0n) is 15.4. The van der Waals surface area contributed by atoms with E-state index < -0.39 is 5.60 Å². The molecular formula is C19H30N4O2. The number of ether oxygens (including phenoxy) is 1. The van der Waals surface area contributed by atoms with Crippen molar-refractivity contribution in [3.8, 4) is 5.75 Å². The molecule has 1 amide bonds. The van der Waals surface area contributed by atoms with E-state index in [0.717, 1.165) is 31.7 Å². The van der Waals surface area contributed by atoms with E-state index in [2.05, 4.69) is 27.6 Å². The van der Waals surface area contributed by atoms with Crippen LogP contribution in [0.4, 0.5) is 0 Å². The van der Waals surface area contributed by atoms with Gasteiger partial charge in [-0.05, 0) is 65.0 Å². The van der Waals surface area contributed by atoms with E-state index in [0.29, 0.717) is 31.2 Å². The highest BCUT2D eigenvalue weighted by Crippen LogP contribution is 2.28. The van der Waals surface area contributed by atoms with E-state index in [9.17, 15) is 4.79 Å². The minimum atomic E-state index is -0.791. The lowest BCUT2D eigenvalue weighted by Crippen LogP contribution is -2.57. The minimum Gasteiger partial charge on any atom is -0.475 e. The molecule has 3 heterocycles. The van der Waals surface area contributed by atoms with Gasteiger partial charge in [-0.2, -0.15) is 0 Å². The molecule has 0 aromatic carbocycles. The Balaban J connectivity index is 1.63. The standard InChI is InChI=1S/C19H30N4O2/c1-15-17(6-3-10-21-15)25-19(8-12-20-13-9-19)18(24)22-11-7-16-5-4-14-23(16)2/h3,6,10,16,20H,4-5,7-9,11-14H2,1-2H3,(H,22,24)/t16-/m1/s1. The van der Waals surface area contributed by atoms with Gasteiger partial charge < -0.3 is 20.3 Å². The van der Waals surface area contributed by atoms with Gasteiger partial charge in [-0.1, -0.05) is 0 Å². The van der Waals surface area contributed by atoms with Crippen molar-refractivity contribution in [3.05, 3.63) is 24.0 Å². The van der Waals surface area contributed by atoms with E-state index in [1.165, 1.54) is 12.8 Å². The topological polar surface area (TPSA) is 66.5 Å². The fraction of sp³-hybridized carbons (Fsp3) is 0.684. The van der Waals surface area contributed by atoms with Crippen LogP contribution < -0.4 is 15.4 Å². The molecule has 6 nitrogen and oxygen atoms in total. The molecule has 2 aliphatic rings. The van der Waals surface area contributed by atoms with Crippen molar-refractivity contribution in [1.82, 2.24) is 20.5 Å². The normalized spacial score (nSPS) is 23.4. The number of aromatic nitrogens is 1. The van der Waals surface area contributed by atoms with Gasteiger partial charge in [0.25, 0.3) is 5.91 Å². The number of carbonyl (C=O) groups is 1. The van der Waals surface area contributed by atoms with E-state index in [1.54, 1.807) is 6.20 Å². The average Bonchev–Trinajstić information content (AvgIpc) is 3.03. The first-order valence-electron chi connectivity index (χ1n) is 9.41. The maximum absolute atomic E-state index is 13.0. The predicted molar refractivity (Wildman–Crippen MR) is 97.7 cm³/mol. The number of hydrogen-bond donors (Lipinski definition) is 2. The molecule has 138 valence electrons. The molecule has 0 aliphatic carbocycles. The largest absolute Gasteiger partial charge is 0.475 e. The summed E-state index contributed by atoms with van der Waals surface area (Å²) in [5, 5.41) is 6.46. The van der Waals surface area contributed by atoms with Crippen LogP contribution >= 0.6 is 0 Å². The van der Waals surface area contributed by atoms with E-state index in [-0.39, 0.29) is 5.91 Å². The minimum absolute atomic E-state index is 0.0119. The Kier molecular flexibility index (Phi) is 5.91. The number of nitrogens with one attached hydrogen (secondary N) is 2. The number of rotatable bonds is 6. The van der Waals surface area contributed by atoms with E-state index in [1.807, 2.05) is 19.1 Å². The second kappa shape index (κ2) is 8.15. The summed E-state index contributed by atoms with van der Waals surface area (Å²) in [5.41, 5.74) is 0.0291. The van der Waals surface area contributed by atoms with Crippen molar-refractivity contribution in [3.63, 3.8) is 0 Å². The molecular weight excluding hydrogens is 316 g/mol. The number of hydrogen-bond acceptors (Lipinski definition) is 5. The average molecular weight is 346 g/mol. The Morgan fingerprint density at radius 1 is 1.48 bits per heavy atom. The number of pyridine rings is 1. The summed E-state index contributed by atoms with van der Waals surface area (Å²) in [7, 11) is 2.17. The van der Waals surface area contributed by atoms with Gasteiger partial charge in [-0.15, -0.1) is 0 Å². The second-order valence-corrected chi connectivity index (χ2v) is 7.25. The SMILES string of the molecule is Cc1ncccc1OC1(C(=O)NCC[C@H]2CCCN2C)CCNCC1. The van der Waals surface area contributed by atoms with Gasteiger partial charge in [0.15, 0.2) is 5.60 Å². The smallest absolute Gasteiger partial charge is 0.264 e. The van der Waals surface area contributed by atoms with Crippen LogP contribution in [0.1, 0.15) is 37.8 Å². The Morgan fingerprint density at radius 3 is 2.96 bits per heavy atom. The van der Waals surface area contributed by atoms with Gasteiger partial charge in [0.1, 0.15) is 5.75 Å². The van der Waals surface area contributed by atoms with Crippen LogP contribution in [0.2, 0.25) is 0 Å². The summed E-state index contributed by atoms with van der Waals surface area (Å²) >= 11 is 0. The Hall–Kier alpha value is -1.66. The fourth-order valence-electron chi connectivity index (χ4n) is 3.85. The highest BCUT2D eigenvalue weighted by Gasteiger charge is 2.42. The number of amides is 1. The Labute approximate surface area is 150 Å². The molecule has 1 aromatic heterocycles. The third-order valence-electron chi connectivity index (χ3n) is 5.52. The highest BCUT2D eigenvalue weighted by molar-refractivity contribution is 5.85. The maximum Gasteiger partial charge on any atom is 0.264 e. The molecule has 0 spiro atoms. The number of piperidine rings is 1. The molecule has 2 saturated heterocycles. The molecule has 0 bridgehead atoms. The lowest BCUT2D eigenvalue weighted by atomic mass is 9.90. The highest BCUT2D eigenvalue weighted by atomic mass is 16.5. The third-order valence-corrected chi connectivity index (χ3v) is 5.52. The molecule has 2 fully saturated rings. The summed E-state index contributed by atoms with van der Waals surface area (Å²) in [6.45, 7) is 5.37. The monoisotopic (exact) mass is 346 g/mol. The van der Waals surface area contributed by atoms with Crippen LogP contribution in [0.3, 0.4) is 0 Å². The first kappa shape index (κ1) is 18.1. The van der Waals surface area contributed by atoms with E-state index in [4.69, 9.17) is 4.74 Å². The second-order valence-electron chi connectivity index (χ2n) is 7.25. The fourth-order valence-corrected chi connectivity index (χ4v) is 3.85. The molecule has 1 atom stereocenters. The quantitative estimate of drug-likeness (QED) is 0.817. The van der Waals surface area contributed by atoms with Crippen molar-refractivity contribution < 1.29 is 9.53 Å². The molecule has 0 radical (unpaired) electrons. The number of nitrogens with zero attached hydrogens (tertiary/aromatic N) is 2. The molecule has 0 unspecified atom stereocenters. The van der Waals surface area contributed by atoms with Gasteiger partial charge in [-0.3, -0.25) is 9.78 Å². The molecule has 2 aliphatic heterocycles. The van der Waals surface area contributed by atoms with Crippen molar-refractivity contribution >= 4 is 5.91 Å². The summed E-state index contributed by atoms with van der Waals surface area (Å²) in [6.07, 6.45) is 6.59. The Bertz CT molecular complexity index is 587. The number of likely N-dealkylation sites (tertiary alicyclic amines) is 1. The van der Waals surface area contributed by atoms with Crippen LogP contribution in [0, 0.1) is 6.92 Å². The predicted octanol–water partition coefficient (Wildman–Crippen LogP) is 1.49. The number of carbonyl (C=O) groups excluding carboxylic acids is 1. The van der Waals surface area contributed by atoms with Crippen LogP contribution in [0.5, 0.6) is 5.75 Å². The molecule has 2 N–H and O–H groups in total. The third kappa shape index (κ3) is 4.30. The van der Waals surface area contributed by atoms with Crippen LogP contribution in [-0.2, 0) is 4.79 Å². The summed E-state index contributed by atoms with van der Waals surface area (Å²) in [4.78, 5) is 19.7. The zero-order valence-corrected chi connectivity index (χ0v) is 15.4. The molecule has 1 aromatic rings. The van der Waals surface area contributed by atoms with Crippen LogP contribution in [0.15, 0.2) is 18.3 Å². The first-order valence-corrected chi connectivity index (χ1v) is 9.41. The van der Waals surface area contributed by atoms with Gasteiger partial charge in [-0.25, -0.2) is 0 Å². The number of aryl methyl sites for hydroxylation is 1.